The van der Waals surface area contributed by atoms with E-state index in [9.17, 15) is 14.0 Å². The SMILES string of the molecule is O=C(NCCN1CCCCC1)C1CSC(c2ccoc2)N1C(=O)c1ccc(F)cc1. The van der Waals surface area contributed by atoms with Crippen LogP contribution in [0.2, 0.25) is 0 Å². The first kappa shape index (κ1) is 20.9. The lowest BCUT2D eigenvalue weighted by Crippen LogP contribution is -2.49. The van der Waals surface area contributed by atoms with Gasteiger partial charge in [-0.25, -0.2) is 4.39 Å². The van der Waals surface area contributed by atoms with Crippen LogP contribution in [0, 0.1) is 5.82 Å². The van der Waals surface area contributed by atoms with Gasteiger partial charge in [0.25, 0.3) is 5.91 Å². The van der Waals surface area contributed by atoms with Crippen molar-refractivity contribution >= 4 is 23.6 Å². The number of thioether (sulfide) groups is 1. The number of furan rings is 1. The van der Waals surface area contributed by atoms with Crippen molar-refractivity contribution < 1.29 is 18.4 Å². The van der Waals surface area contributed by atoms with E-state index in [4.69, 9.17) is 4.42 Å². The summed E-state index contributed by atoms with van der Waals surface area (Å²) in [6.45, 7) is 3.54. The zero-order valence-electron chi connectivity index (χ0n) is 16.8. The Morgan fingerprint density at radius 3 is 2.60 bits per heavy atom. The van der Waals surface area contributed by atoms with Crippen molar-refractivity contribution in [2.24, 2.45) is 0 Å². The fourth-order valence-electron chi connectivity index (χ4n) is 4.01. The summed E-state index contributed by atoms with van der Waals surface area (Å²) in [5.74, 6) is -0.345. The van der Waals surface area contributed by atoms with Gasteiger partial charge in [-0.15, -0.1) is 11.8 Å². The molecule has 4 rings (SSSR count). The number of nitrogens with one attached hydrogen (secondary N) is 1. The van der Waals surface area contributed by atoms with Crippen molar-refractivity contribution in [3.8, 4) is 0 Å². The number of piperidine rings is 1. The standard InChI is InChI=1S/C22H26FN3O3S/c23-18-6-4-16(5-7-18)21(28)26-19(15-30-22(26)17-8-13-29-14-17)20(27)24-9-12-25-10-2-1-3-11-25/h4-8,13-14,19,22H,1-3,9-12,15H2,(H,24,27). The van der Waals surface area contributed by atoms with Gasteiger partial charge < -0.3 is 19.5 Å². The molecule has 1 aromatic carbocycles. The fraction of sp³-hybridized carbons (Fsp3) is 0.455. The third-order valence-electron chi connectivity index (χ3n) is 5.63. The molecule has 1 N–H and O–H groups in total. The maximum Gasteiger partial charge on any atom is 0.255 e. The third kappa shape index (κ3) is 4.70. The largest absolute Gasteiger partial charge is 0.472 e. The number of nitrogens with zero attached hydrogens (tertiary/aromatic N) is 2. The second-order valence-corrected chi connectivity index (χ2v) is 8.78. The number of hydrogen-bond acceptors (Lipinski definition) is 5. The minimum atomic E-state index is -0.589. The van der Waals surface area contributed by atoms with Crippen LogP contribution in [0.25, 0.3) is 0 Å². The zero-order valence-corrected chi connectivity index (χ0v) is 17.6. The highest BCUT2D eigenvalue weighted by molar-refractivity contribution is 7.99. The molecule has 8 heteroatoms. The summed E-state index contributed by atoms with van der Waals surface area (Å²) in [4.78, 5) is 30.2. The number of likely N-dealkylation sites (tertiary alicyclic amines) is 1. The zero-order chi connectivity index (χ0) is 20.9. The van der Waals surface area contributed by atoms with Crippen molar-refractivity contribution in [1.82, 2.24) is 15.1 Å². The molecule has 2 aromatic rings. The minimum absolute atomic E-state index is 0.152. The number of amides is 2. The Kier molecular flexibility index (Phi) is 6.74. The van der Waals surface area contributed by atoms with Gasteiger partial charge in [-0.3, -0.25) is 9.59 Å². The van der Waals surface area contributed by atoms with Gasteiger partial charge in [0.15, 0.2) is 0 Å². The molecule has 2 saturated heterocycles. The van der Waals surface area contributed by atoms with Gasteiger partial charge in [0.2, 0.25) is 5.91 Å². The Hall–Kier alpha value is -2.32. The Morgan fingerprint density at radius 2 is 1.90 bits per heavy atom. The summed E-state index contributed by atoms with van der Waals surface area (Å²) in [6.07, 6.45) is 6.85. The summed E-state index contributed by atoms with van der Waals surface area (Å²) < 4.78 is 18.5. The molecule has 160 valence electrons. The molecule has 30 heavy (non-hydrogen) atoms. The second kappa shape index (κ2) is 9.66. The summed E-state index contributed by atoms with van der Waals surface area (Å²) in [6, 6.07) is 6.65. The quantitative estimate of drug-likeness (QED) is 0.761. The highest BCUT2D eigenvalue weighted by atomic mass is 32.2. The monoisotopic (exact) mass is 431 g/mol. The Labute approximate surface area is 179 Å². The van der Waals surface area contributed by atoms with Crippen LogP contribution >= 0.6 is 11.8 Å². The molecule has 2 aliphatic rings. The molecular weight excluding hydrogens is 405 g/mol. The average Bonchev–Trinajstić information content (AvgIpc) is 3.44. The van der Waals surface area contributed by atoms with E-state index in [2.05, 4.69) is 10.2 Å². The molecule has 2 fully saturated rings. The van der Waals surface area contributed by atoms with E-state index in [1.165, 1.54) is 55.3 Å². The number of benzene rings is 1. The van der Waals surface area contributed by atoms with E-state index in [-0.39, 0.29) is 17.2 Å². The number of hydrogen-bond donors (Lipinski definition) is 1. The second-order valence-electron chi connectivity index (χ2n) is 7.67. The lowest BCUT2D eigenvalue weighted by atomic mass is 10.1. The summed E-state index contributed by atoms with van der Waals surface area (Å²) in [7, 11) is 0. The minimum Gasteiger partial charge on any atom is -0.472 e. The topological polar surface area (TPSA) is 65.8 Å². The first-order chi connectivity index (χ1) is 14.6. The maximum atomic E-state index is 13.3. The van der Waals surface area contributed by atoms with Crippen LogP contribution in [0.5, 0.6) is 0 Å². The maximum absolute atomic E-state index is 13.3. The Bertz CT molecular complexity index is 853. The molecule has 2 amide bonds. The van der Waals surface area contributed by atoms with Gasteiger partial charge in [0.1, 0.15) is 17.2 Å². The van der Waals surface area contributed by atoms with Crippen molar-refractivity contribution in [3.63, 3.8) is 0 Å². The smallest absolute Gasteiger partial charge is 0.255 e. The predicted molar refractivity (Wildman–Crippen MR) is 114 cm³/mol. The van der Waals surface area contributed by atoms with E-state index in [0.29, 0.717) is 17.9 Å². The van der Waals surface area contributed by atoms with Gasteiger partial charge in [-0.2, -0.15) is 0 Å². The first-order valence-corrected chi connectivity index (χ1v) is 11.4. The molecule has 3 heterocycles. The van der Waals surface area contributed by atoms with E-state index in [1.807, 2.05) is 0 Å². The van der Waals surface area contributed by atoms with Crippen molar-refractivity contribution in [2.45, 2.75) is 30.7 Å². The van der Waals surface area contributed by atoms with Crippen LogP contribution in [-0.2, 0) is 4.79 Å². The van der Waals surface area contributed by atoms with Gasteiger partial charge in [-0.05, 0) is 56.3 Å². The van der Waals surface area contributed by atoms with Crippen LogP contribution in [0.1, 0.15) is 40.6 Å². The predicted octanol–water partition coefficient (Wildman–Crippen LogP) is 3.28. The highest BCUT2D eigenvalue weighted by Crippen LogP contribution is 2.42. The molecule has 2 atom stereocenters. The molecule has 0 saturated carbocycles. The van der Waals surface area contributed by atoms with Crippen LogP contribution in [0.3, 0.4) is 0 Å². The number of rotatable bonds is 6. The Balaban J connectivity index is 1.46. The van der Waals surface area contributed by atoms with Crippen molar-refractivity contribution in [3.05, 3.63) is 59.8 Å². The highest BCUT2D eigenvalue weighted by Gasteiger charge is 2.42. The fourth-order valence-corrected chi connectivity index (χ4v) is 5.41. The van der Waals surface area contributed by atoms with Crippen LogP contribution < -0.4 is 5.32 Å². The van der Waals surface area contributed by atoms with Crippen LogP contribution in [0.15, 0.2) is 47.3 Å². The van der Waals surface area contributed by atoms with Crippen LogP contribution in [-0.4, -0.2) is 59.6 Å². The summed E-state index contributed by atoms with van der Waals surface area (Å²) >= 11 is 1.53. The van der Waals surface area contributed by atoms with Gasteiger partial charge in [-0.1, -0.05) is 6.42 Å². The molecule has 0 spiro atoms. The summed E-state index contributed by atoms with van der Waals surface area (Å²) in [5, 5.41) is 2.69. The molecule has 0 radical (unpaired) electrons. The Morgan fingerprint density at radius 1 is 1.13 bits per heavy atom. The number of carbonyl (C=O) groups excluding carboxylic acids is 2. The summed E-state index contributed by atoms with van der Waals surface area (Å²) in [5.41, 5.74) is 1.19. The lowest BCUT2D eigenvalue weighted by Gasteiger charge is -2.29. The van der Waals surface area contributed by atoms with E-state index in [0.717, 1.165) is 25.2 Å². The average molecular weight is 432 g/mol. The first-order valence-electron chi connectivity index (χ1n) is 10.4. The van der Waals surface area contributed by atoms with E-state index in [1.54, 1.807) is 23.5 Å². The van der Waals surface area contributed by atoms with Crippen molar-refractivity contribution in [1.29, 1.82) is 0 Å². The van der Waals surface area contributed by atoms with Gasteiger partial charge >= 0.3 is 0 Å². The molecular formula is C22H26FN3O3S. The van der Waals surface area contributed by atoms with Gasteiger partial charge in [0, 0.05) is 30.0 Å². The molecule has 2 aliphatic heterocycles. The van der Waals surface area contributed by atoms with E-state index < -0.39 is 11.9 Å². The normalized spacial score (nSPS) is 22.2. The number of halogens is 1. The third-order valence-corrected chi connectivity index (χ3v) is 6.96. The number of carbonyl (C=O) groups is 2. The molecule has 1 aromatic heterocycles. The van der Waals surface area contributed by atoms with Crippen molar-refractivity contribution in [2.75, 3.05) is 31.9 Å². The van der Waals surface area contributed by atoms with Gasteiger partial charge in [0.05, 0.1) is 12.5 Å². The molecule has 0 bridgehead atoms. The molecule has 0 aliphatic carbocycles. The molecule has 2 unspecified atom stereocenters. The van der Waals surface area contributed by atoms with Crippen LogP contribution in [0.4, 0.5) is 4.39 Å². The van der Waals surface area contributed by atoms with E-state index >= 15 is 0 Å². The lowest BCUT2D eigenvalue weighted by molar-refractivity contribution is -0.124. The molecule has 6 nitrogen and oxygen atoms in total.